The zero-order chi connectivity index (χ0) is 16.9. The van der Waals surface area contributed by atoms with Crippen LogP contribution < -0.4 is 10.2 Å². The van der Waals surface area contributed by atoms with Gasteiger partial charge in [-0.05, 0) is 36.4 Å². The predicted octanol–water partition coefficient (Wildman–Crippen LogP) is 2.63. The van der Waals surface area contributed by atoms with Crippen LogP contribution >= 0.6 is 11.6 Å². The molecule has 1 aliphatic rings. The van der Waals surface area contributed by atoms with Gasteiger partial charge in [0.1, 0.15) is 5.82 Å². The minimum Gasteiger partial charge on any atom is -0.354 e. The average molecular weight is 349 g/mol. The van der Waals surface area contributed by atoms with Crippen molar-refractivity contribution in [3.8, 4) is 0 Å². The molecule has 7 heteroatoms. The second kappa shape index (κ2) is 7.59. The van der Waals surface area contributed by atoms with Gasteiger partial charge < -0.3 is 10.2 Å². The van der Waals surface area contributed by atoms with Gasteiger partial charge in [-0.1, -0.05) is 17.7 Å². The molecule has 0 radical (unpaired) electrons. The molecule has 0 saturated carbocycles. The lowest BCUT2D eigenvalue weighted by atomic mass is 10.3. The summed E-state index contributed by atoms with van der Waals surface area (Å²) in [6.07, 6.45) is 0. The molecule has 24 heavy (non-hydrogen) atoms. The standard InChI is InChI=1S/C17H18ClFN4O/c18-13-4-6-14(7-5-13)20-17(24)12-22-8-10-23(11-9-22)16-3-1-2-15(19)21-16/h1-7H,8-12H2,(H,20,24). The summed E-state index contributed by atoms with van der Waals surface area (Å²) in [4.78, 5) is 20.1. The highest BCUT2D eigenvalue weighted by Crippen LogP contribution is 2.15. The number of nitrogens with zero attached hydrogens (tertiary/aromatic N) is 3. The third kappa shape index (κ3) is 4.43. The fourth-order valence-corrected chi connectivity index (χ4v) is 2.77. The van der Waals surface area contributed by atoms with E-state index in [-0.39, 0.29) is 5.91 Å². The Kier molecular flexibility index (Phi) is 5.27. The third-order valence-corrected chi connectivity index (χ3v) is 4.14. The summed E-state index contributed by atoms with van der Waals surface area (Å²) in [7, 11) is 0. The number of pyridine rings is 1. The molecule has 1 N–H and O–H groups in total. The maximum absolute atomic E-state index is 13.2. The van der Waals surface area contributed by atoms with E-state index in [2.05, 4.69) is 15.2 Å². The Morgan fingerprint density at radius 3 is 2.50 bits per heavy atom. The summed E-state index contributed by atoms with van der Waals surface area (Å²) in [5, 5.41) is 3.49. The molecule has 1 aromatic heterocycles. The first-order valence-corrected chi connectivity index (χ1v) is 8.13. The summed E-state index contributed by atoms with van der Waals surface area (Å²) < 4.78 is 13.2. The van der Waals surface area contributed by atoms with Crippen LogP contribution in [0, 0.1) is 5.95 Å². The molecule has 2 aromatic rings. The molecule has 1 amide bonds. The number of nitrogens with one attached hydrogen (secondary N) is 1. The van der Waals surface area contributed by atoms with Crippen LogP contribution in [-0.2, 0) is 4.79 Å². The van der Waals surface area contributed by atoms with Gasteiger partial charge in [0.2, 0.25) is 11.9 Å². The highest BCUT2D eigenvalue weighted by Gasteiger charge is 2.20. The van der Waals surface area contributed by atoms with Gasteiger partial charge in [0, 0.05) is 36.9 Å². The lowest BCUT2D eigenvalue weighted by molar-refractivity contribution is -0.117. The van der Waals surface area contributed by atoms with Gasteiger partial charge in [-0.2, -0.15) is 4.39 Å². The first-order chi connectivity index (χ1) is 11.6. The molecule has 1 fully saturated rings. The van der Waals surface area contributed by atoms with Crippen LogP contribution in [0.2, 0.25) is 5.02 Å². The number of halogens is 2. The number of hydrogen-bond acceptors (Lipinski definition) is 4. The van der Waals surface area contributed by atoms with Gasteiger partial charge in [-0.3, -0.25) is 9.69 Å². The quantitative estimate of drug-likeness (QED) is 0.863. The van der Waals surface area contributed by atoms with Gasteiger partial charge >= 0.3 is 0 Å². The van der Waals surface area contributed by atoms with E-state index in [4.69, 9.17) is 11.6 Å². The SMILES string of the molecule is O=C(CN1CCN(c2cccc(F)n2)CC1)Nc1ccc(Cl)cc1. The number of amides is 1. The topological polar surface area (TPSA) is 48.5 Å². The summed E-state index contributed by atoms with van der Waals surface area (Å²) in [6, 6.07) is 11.8. The molecule has 0 atom stereocenters. The van der Waals surface area contributed by atoms with E-state index in [1.807, 2.05) is 4.90 Å². The largest absolute Gasteiger partial charge is 0.354 e. The monoisotopic (exact) mass is 348 g/mol. The molecular formula is C17H18ClFN4O. The Bertz CT molecular complexity index is 702. The van der Waals surface area contributed by atoms with Gasteiger partial charge in [0.15, 0.2) is 0 Å². The number of rotatable bonds is 4. The van der Waals surface area contributed by atoms with E-state index in [9.17, 15) is 9.18 Å². The van der Waals surface area contributed by atoms with Crippen LogP contribution in [0.25, 0.3) is 0 Å². The van der Waals surface area contributed by atoms with Crippen LogP contribution in [0.1, 0.15) is 0 Å². The number of anilines is 2. The minimum absolute atomic E-state index is 0.0605. The molecule has 0 spiro atoms. The zero-order valence-corrected chi connectivity index (χ0v) is 13.8. The summed E-state index contributed by atoms with van der Waals surface area (Å²) in [6.45, 7) is 3.21. The lowest BCUT2D eigenvalue weighted by Gasteiger charge is -2.34. The molecular weight excluding hydrogens is 331 g/mol. The van der Waals surface area contributed by atoms with Crippen LogP contribution in [-0.4, -0.2) is 48.5 Å². The van der Waals surface area contributed by atoms with Crippen molar-refractivity contribution in [2.45, 2.75) is 0 Å². The summed E-state index contributed by atoms with van der Waals surface area (Å²) in [5.41, 5.74) is 0.729. The molecule has 0 aliphatic carbocycles. The highest BCUT2D eigenvalue weighted by atomic mass is 35.5. The Morgan fingerprint density at radius 2 is 1.83 bits per heavy atom. The molecule has 2 heterocycles. The Balaban J connectivity index is 1.48. The van der Waals surface area contributed by atoms with E-state index in [1.54, 1.807) is 36.4 Å². The first kappa shape index (κ1) is 16.7. The van der Waals surface area contributed by atoms with Gasteiger partial charge in [0.05, 0.1) is 6.54 Å². The first-order valence-electron chi connectivity index (χ1n) is 7.75. The molecule has 1 aliphatic heterocycles. The second-order valence-corrected chi connectivity index (χ2v) is 6.07. The summed E-state index contributed by atoms with van der Waals surface area (Å²) >= 11 is 5.82. The number of piperazine rings is 1. The van der Waals surface area contributed by atoms with Gasteiger partial charge in [-0.25, -0.2) is 4.98 Å². The number of benzene rings is 1. The number of aromatic nitrogens is 1. The van der Waals surface area contributed by atoms with Crippen molar-refractivity contribution in [3.63, 3.8) is 0 Å². The van der Waals surface area contributed by atoms with Crippen molar-refractivity contribution >= 4 is 29.0 Å². The smallest absolute Gasteiger partial charge is 0.238 e. The normalized spacial score (nSPS) is 15.3. The zero-order valence-electron chi connectivity index (χ0n) is 13.1. The van der Waals surface area contributed by atoms with Crippen molar-refractivity contribution in [3.05, 3.63) is 53.4 Å². The molecule has 3 rings (SSSR count). The van der Waals surface area contributed by atoms with Crippen molar-refractivity contribution < 1.29 is 9.18 Å². The Morgan fingerprint density at radius 1 is 1.12 bits per heavy atom. The van der Waals surface area contributed by atoms with Crippen LogP contribution in [0.4, 0.5) is 15.9 Å². The van der Waals surface area contributed by atoms with Crippen LogP contribution in [0.3, 0.4) is 0 Å². The molecule has 5 nitrogen and oxygen atoms in total. The fraction of sp³-hybridized carbons (Fsp3) is 0.294. The van der Waals surface area contributed by atoms with Gasteiger partial charge in [-0.15, -0.1) is 0 Å². The van der Waals surface area contributed by atoms with E-state index >= 15 is 0 Å². The van der Waals surface area contributed by atoms with Crippen LogP contribution in [0.5, 0.6) is 0 Å². The molecule has 1 saturated heterocycles. The molecule has 0 unspecified atom stereocenters. The average Bonchev–Trinajstić information content (AvgIpc) is 2.58. The maximum Gasteiger partial charge on any atom is 0.238 e. The second-order valence-electron chi connectivity index (χ2n) is 5.64. The number of hydrogen-bond donors (Lipinski definition) is 1. The van der Waals surface area contributed by atoms with Crippen molar-refractivity contribution in [1.29, 1.82) is 0 Å². The predicted molar refractivity (Wildman–Crippen MR) is 92.9 cm³/mol. The summed E-state index contributed by atoms with van der Waals surface area (Å²) in [5.74, 6) is 0.104. The highest BCUT2D eigenvalue weighted by molar-refractivity contribution is 6.30. The molecule has 1 aromatic carbocycles. The maximum atomic E-state index is 13.2. The van der Waals surface area contributed by atoms with Crippen molar-refractivity contribution in [1.82, 2.24) is 9.88 Å². The Hall–Kier alpha value is -2.18. The van der Waals surface area contributed by atoms with Crippen molar-refractivity contribution in [2.75, 3.05) is 42.9 Å². The van der Waals surface area contributed by atoms with E-state index in [0.29, 0.717) is 30.5 Å². The van der Waals surface area contributed by atoms with E-state index in [0.717, 1.165) is 18.8 Å². The van der Waals surface area contributed by atoms with E-state index in [1.165, 1.54) is 6.07 Å². The number of carbonyl (C=O) groups is 1. The van der Waals surface area contributed by atoms with Crippen LogP contribution in [0.15, 0.2) is 42.5 Å². The molecule has 126 valence electrons. The fourth-order valence-electron chi connectivity index (χ4n) is 2.65. The number of carbonyl (C=O) groups excluding carboxylic acids is 1. The van der Waals surface area contributed by atoms with Crippen molar-refractivity contribution in [2.24, 2.45) is 0 Å². The Labute approximate surface area is 145 Å². The third-order valence-electron chi connectivity index (χ3n) is 3.89. The van der Waals surface area contributed by atoms with Gasteiger partial charge in [0.25, 0.3) is 0 Å². The van der Waals surface area contributed by atoms with E-state index < -0.39 is 5.95 Å². The minimum atomic E-state index is -0.475. The lowest BCUT2D eigenvalue weighted by Crippen LogP contribution is -2.49. The molecule has 0 bridgehead atoms.